The summed E-state index contributed by atoms with van der Waals surface area (Å²) in [5.41, 5.74) is 1.29. The molecule has 7 nitrogen and oxygen atoms in total. The van der Waals surface area contributed by atoms with Crippen LogP contribution in [0.25, 0.3) is 0 Å². The van der Waals surface area contributed by atoms with Crippen LogP contribution in [0.2, 0.25) is 0 Å². The zero-order chi connectivity index (χ0) is 19.0. The molecule has 0 unspecified atom stereocenters. The Kier molecular flexibility index (Phi) is 4.78. The molecule has 0 saturated carbocycles. The van der Waals surface area contributed by atoms with Crippen LogP contribution in [0.5, 0.6) is 0 Å². The van der Waals surface area contributed by atoms with Gasteiger partial charge >= 0.3 is 0 Å². The fourth-order valence-corrected chi connectivity index (χ4v) is 4.58. The SMILES string of the molecule is Cc1ccn(CC(=O)N2CCC3(CCc4nnc(C(C)C)n4CC3)CC2)n1. The summed E-state index contributed by atoms with van der Waals surface area (Å²) in [4.78, 5) is 14.6. The van der Waals surface area contributed by atoms with Crippen LogP contribution < -0.4 is 0 Å². The molecule has 27 heavy (non-hydrogen) atoms. The van der Waals surface area contributed by atoms with Gasteiger partial charge < -0.3 is 9.47 Å². The molecule has 2 aliphatic rings. The molecule has 2 aromatic heterocycles. The van der Waals surface area contributed by atoms with E-state index in [1.54, 1.807) is 4.68 Å². The topological polar surface area (TPSA) is 68.8 Å². The van der Waals surface area contributed by atoms with Crippen molar-refractivity contribution in [1.29, 1.82) is 0 Å². The lowest BCUT2D eigenvalue weighted by Crippen LogP contribution is -2.44. The molecule has 0 N–H and O–H groups in total. The summed E-state index contributed by atoms with van der Waals surface area (Å²) in [7, 11) is 0. The lowest BCUT2D eigenvalue weighted by atomic mass is 9.73. The van der Waals surface area contributed by atoms with Crippen molar-refractivity contribution >= 4 is 5.91 Å². The lowest BCUT2D eigenvalue weighted by Gasteiger charge is -2.41. The Hall–Kier alpha value is -2.18. The van der Waals surface area contributed by atoms with E-state index in [1.807, 2.05) is 24.1 Å². The van der Waals surface area contributed by atoms with Crippen molar-refractivity contribution in [3.05, 3.63) is 29.6 Å². The summed E-state index contributed by atoms with van der Waals surface area (Å²) in [6.07, 6.45) is 7.38. The van der Waals surface area contributed by atoms with Gasteiger partial charge in [-0.15, -0.1) is 10.2 Å². The van der Waals surface area contributed by atoms with E-state index >= 15 is 0 Å². The summed E-state index contributed by atoms with van der Waals surface area (Å²) >= 11 is 0. The first-order chi connectivity index (χ1) is 13.0. The minimum atomic E-state index is 0.181. The van der Waals surface area contributed by atoms with Gasteiger partial charge in [0.15, 0.2) is 0 Å². The third-order valence-corrected chi connectivity index (χ3v) is 6.37. The summed E-state index contributed by atoms with van der Waals surface area (Å²) in [5.74, 6) is 2.85. The highest BCUT2D eigenvalue weighted by atomic mass is 16.2. The first-order valence-corrected chi connectivity index (χ1v) is 10.2. The van der Waals surface area contributed by atoms with Crippen LogP contribution in [0.3, 0.4) is 0 Å². The van der Waals surface area contributed by atoms with E-state index in [2.05, 4.69) is 33.7 Å². The van der Waals surface area contributed by atoms with Gasteiger partial charge in [0.1, 0.15) is 18.2 Å². The monoisotopic (exact) mass is 370 g/mol. The van der Waals surface area contributed by atoms with E-state index < -0.39 is 0 Å². The largest absolute Gasteiger partial charge is 0.341 e. The fraction of sp³-hybridized carbons (Fsp3) is 0.700. The van der Waals surface area contributed by atoms with Gasteiger partial charge in [-0.1, -0.05) is 13.8 Å². The Morgan fingerprint density at radius 3 is 2.56 bits per heavy atom. The molecule has 7 heteroatoms. The number of piperidine rings is 1. The molecule has 1 amide bonds. The predicted octanol–water partition coefficient (Wildman–Crippen LogP) is 2.55. The Morgan fingerprint density at radius 2 is 1.89 bits per heavy atom. The zero-order valence-electron chi connectivity index (χ0n) is 16.7. The predicted molar refractivity (Wildman–Crippen MR) is 102 cm³/mol. The highest BCUT2D eigenvalue weighted by Crippen LogP contribution is 2.42. The molecule has 0 aliphatic carbocycles. The molecule has 4 heterocycles. The van der Waals surface area contributed by atoms with Crippen molar-refractivity contribution in [2.24, 2.45) is 5.41 Å². The van der Waals surface area contributed by atoms with Crippen molar-refractivity contribution in [3.63, 3.8) is 0 Å². The Bertz CT molecular complexity index is 812. The standard InChI is InChI=1S/C20H30N6O/c1-15(2)19-22-21-17-4-6-20(9-13-26(17)19)7-11-24(12-8-20)18(27)14-25-10-5-16(3)23-25/h5,10,15H,4,6-9,11-14H2,1-3H3. The van der Waals surface area contributed by atoms with Crippen LogP contribution in [0.15, 0.2) is 12.3 Å². The van der Waals surface area contributed by atoms with Crippen LogP contribution in [-0.2, 0) is 24.3 Å². The van der Waals surface area contributed by atoms with E-state index in [0.29, 0.717) is 17.9 Å². The van der Waals surface area contributed by atoms with E-state index in [0.717, 1.165) is 69.1 Å². The Balaban J connectivity index is 1.36. The van der Waals surface area contributed by atoms with Crippen LogP contribution in [0, 0.1) is 12.3 Å². The number of likely N-dealkylation sites (tertiary alicyclic amines) is 1. The van der Waals surface area contributed by atoms with Gasteiger partial charge in [0, 0.05) is 38.2 Å². The molecule has 1 fully saturated rings. The van der Waals surface area contributed by atoms with Crippen LogP contribution >= 0.6 is 0 Å². The number of amides is 1. The quantitative estimate of drug-likeness (QED) is 0.833. The van der Waals surface area contributed by atoms with E-state index in [9.17, 15) is 4.79 Å². The van der Waals surface area contributed by atoms with Crippen molar-refractivity contribution in [1.82, 2.24) is 29.4 Å². The van der Waals surface area contributed by atoms with Gasteiger partial charge in [-0.25, -0.2) is 0 Å². The average molecular weight is 371 g/mol. The Labute approximate surface area is 160 Å². The molecule has 0 aromatic carbocycles. The summed E-state index contributed by atoms with van der Waals surface area (Å²) in [6.45, 7) is 9.39. The molecular formula is C20H30N6O. The third-order valence-electron chi connectivity index (χ3n) is 6.37. The van der Waals surface area contributed by atoms with Crippen molar-refractivity contribution in [3.8, 4) is 0 Å². The van der Waals surface area contributed by atoms with Crippen LogP contribution in [0.4, 0.5) is 0 Å². The van der Waals surface area contributed by atoms with E-state index in [1.165, 1.54) is 0 Å². The number of fused-ring (bicyclic) bond motifs is 1. The third kappa shape index (κ3) is 3.64. The highest BCUT2D eigenvalue weighted by molar-refractivity contribution is 5.76. The number of aryl methyl sites for hydroxylation is 2. The molecule has 0 bridgehead atoms. The maximum atomic E-state index is 12.6. The van der Waals surface area contributed by atoms with E-state index in [4.69, 9.17) is 0 Å². The first kappa shape index (κ1) is 18.2. The number of nitrogens with zero attached hydrogens (tertiary/aromatic N) is 6. The van der Waals surface area contributed by atoms with Gasteiger partial charge in [0.25, 0.3) is 0 Å². The maximum Gasteiger partial charge on any atom is 0.244 e. The summed E-state index contributed by atoms with van der Waals surface area (Å²) < 4.78 is 4.09. The molecule has 2 aromatic rings. The molecule has 4 rings (SSSR count). The fourth-order valence-electron chi connectivity index (χ4n) is 4.58. The van der Waals surface area contributed by atoms with Gasteiger partial charge in [-0.3, -0.25) is 9.48 Å². The minimum Gasteiger partial charge on any atom is -0.341 e. The normalized spacial score (nSPS) is 19.3. The molecule has 146 valence electrons. The number of carbonyl (C=O) groups excluding carboxylic acids is 1. The second kappa shape index (κ2) is 7.09. The van der Waals surface area contributed by atoms with Gasteiger partial charge in [0.05, 0.1) is 5.69 Å². The lowest BCUT2D eigenvalue weighted by molar-refractivity contribution is -0.134. The van der Waals surface area contributed by atoms with Crippen LogP contribution in [-0.4, -0.2) is 48.4 Å². The van der Waals surface area contributed by atoms with E-state index in [-0.39, 0.29) is 5.91 Å². The summed E-state index contributed by atoms with van der Waals surface area (Å²) in [5, 5.41) is 13.2. The average Bonchev–Trinajstić information content (AvgIpc) is 3.20. The number of carbonyl (C=O) groups is 1. The summed E-state index contributed by atoms with van der Waals surface area (Å²) in [6, 6.07) is 1.94. The second-order valence-electron chi connectivity index (χ2n) is 8.57. The van der Waals surface area contributed by atoms with Crippen LogP contribution in [0.1, 0.15) is 62.8 Å². The molecule has 1 saturated heterocycles. The molecule has 2 aliphatic heterocycles. The molecule has 1 spiro atoms. The first-order valence-electron chi connectivity index (χ1n) is 10.2. The smallest absolute Gasteiger partial charge is 0.244 e. The number of rotatable bonds is 3. The maximum absolute atomic E-state index is 12.6. The number of aromatic nitrogens is 5. The van der Waals surface area contributed by atoms with Gasteiger partial charge in [-0.2, -0.15) is 5.10 Å². The van der Waals surface area contributed by atoms with Crippen molar-refractivity contribution < 1.29 is 4.79 Å². The van der Waals surface area contributed by atoms with Gasteiger partial charge in [-0.05, 0) is 44.1 Å². The number of hydrogen-bond donors (Lipinski definition) is 0. The second-order valence-corrected chi connectivity index (χ2v) is 8.57. The Morgan fingerprint density at radius 1 is 1.15 bits per heavy atom. The molecule has 0 radical (unpaired) electrons. The number of hydrogen-bond acceptors (Lipinski definition) is 4. The minimum absolute atomic E-state index is 0.181. The van der Waals surface area contributed by atoms with Crippen molar-refractivity contribution in [2.45, 2.75) is 71.9 Å². The molecular weight excluding hydrogens is 340 g/mol. The zero-order valence-corrected chi connectivity index (χ0v) is 16.7. The highest BCUT2D eigenvalue weighted by Gasteiger charge is 2.38. The molecule has 0 atom stereocenters. The van der Waals surface area contributed by atoms with Crippen molar-refractivity contribution in [2.75, 3.05) is 13.1 Å². The van der Waals surface area contributed by atoms with Gasteiger partial charge in [0.2, 0.25) is 5.91 Å².